The zero-order valence-corrected chi connectivity index (χ0v) is 8.30. The van der Waals surface area contributed by atoms with Gasteiger partial charge in [0.05, 0.1) is 6.10 Å². The fraction of sp³-hybridized carbons (Fsp3) is 0.400. The average Bonchev–Trinajstić information content (AvgIpc) is 2.66. The summed E-state index contributed by atoms with van der Waals surface area (Å²) in [6, 6.07) is 1.59. The van der Waals surface area contributed by atoms with Gasteiger partial charge in [0.2, 0.25) is 0 Å². The van der Waals surface area contributed by atoms with Crippen LogP contribution in [0, 0.1) is 0 Å². The number of nitrogens with two attached hydrogens (primary N) is 1. The van der Waals surface area contributed by atoms with Crippen molar-refractivity contribution >= 4 is 5.82 Å². The molecule has 5 heteroatoms. The maximum atomic E-state index is 11.5. The van der Waals surface area contributed by atoms with E-state index in [2.05, 4.69) is 11.6 Å². The minimum absolute atomic E-state index is 0.0273. The third kappa shape index (κ3) is 1.92. The molecule has 0 aromatic carbocycles. The molecule has 0 spiro atoms. The molecule has 1 aromatic heterocycles. The Bertz CT molecular complexity index is 427. The first-order valence-corrected chi connectivity index (χ1v) is 4.83. The number of ether oxygens (including phenoxy) is 1. The Morgan fingerprint density at radius 2 is 2.47 bits per heavy atom. The van der Waals surface area contributed by atoms with Crippen LogP contribution in [0.15, 0.2) is 29.7 Å². The first kappa shape index (κ1) is 9.92. The van der Waals surface area contributed by atoms with Crippen molar-refractivity contribution in [2.45, 2.75) is 25.2 Å². The van der Waals surface area contributed by atoms with Gasteiger partial charge in [0.25, 0.3) is 0 Å². The van der Waals surface area contributed by atoms with Crippen LogP contribution in [0.1, 0.15) is 19.1 Å². The molecule has 1 fully saturated rings. The van der Waals surface area contributed by atoms with Crippen molar-refractivity contribution in [1.29, 1.82) is 0 Å². The van der Waals surface area contributed by atoms with Crippen LogP contribution in [0.5, 0.6) is 0 Å². The van der Waals surface area contributed by atoms with E-state index in [0.29, 0.717) is 0 Å². The molecule has 0 saturated carbocycles. The van der Waals surface area contributed by atoms with E-state index in [0.717, 1.165) is 12.8 Å². The quantitative estimate of drug-likeness (QED) is 0.724. The summed E-state index contributed by atoms with van der Waals surface area (Å²) in [7, 11) is 0. The highest BCUT2D eigenvalue weighted by Crippen LogP contribution is 2.27. The van der Waals surface area contributed by atoms with Gasteiger partial charge in [0.1, 0.15) is 12.0 Å². The van der Waals surface area contributed by atoms with Gasteiger partial charge in [0, 0.05) is 6.20 Å². The molecule has 1 aliphatic rings. The fourth-order valence-electron chi connectivity index (χ4n) is 1.67. The predicted molar refractivity (Wildman–Crippen MR) is 56.3 cm³/mol. The SMILES string of the molecule is C=CC1CCC(n2ccc(N)nc2=O)O1. The Morgan fingerprint density at radius 3 is 3.07 bits per heavy atom. The second-order valence-electron chi connectivity index (χ2n) is 3.48. The normalized spacial score (nSPS) is 25.3. The van der Waals surface area contributed by atoms with E-state index in [1.807, 2.05) is 0 Å². The lowest BCUT2D eigenvalue weighted by atomic mass is 10.2. The summed E-state index contributed by atoms with van der Waals surface area (Å²) in [4.78, 5) is 15.1. The summed E-state index contributed by atoms with van der Waals surface area (Å²) in [5.41, 5.74) is 5.03. The third-order valence-corrected chi connectivity index (χ3v) is 2.45. The average molecular weight is 207 g/mol. The van der Waals surface area contributed by atoms with Crippen molar-refractivity contribution in [3.63, 3.8) is 0 Å². The molecule has 15 heavy (non-hydrogen) atoms. The third-order valence-electron chi connectivity index (χ3n) is 2.45. The lowest BCUT2D eigenvalue weighted by Gasteiger charge is -2.13. The van der Waals surface area contributed by atoms with Crippen LogP contribution < -0.4 is 11.4 Å². The molecule has 1 saturated heterocycles. The zero-order chi connectivity index (χ0) is 10.8. The van der Waals surface area contributed by atoms with E-state index in [1.54, 1.807) is 18.3 Å². The summed E-state index contributed by atoms with van der Waals surface area (Å²) in [6.45, 7) is 3.66. The van der Waals surface area contributed by atoms with Crippen LogP contribution in [-0.2, 0) is 4.74 Å². The number of nitrogens with zero attached hydrogens (tertiary/aromatic N) is 2. The molecular formula is C10H13N3O2. The van der Waals surface area contributed by atoms with Crippen molar-refractivity contribution in [3.05, 3.63) is 35.4 Å². The molecule has 1 aliphatic heterocycles. The van der Waals surface area contributed by atoms with Gasteiger partial charge in [-0.05, 0) is 18.9 Å². The Labute approximate surface area is 87.2 Å². The first-order valence-electron chi connectivity index (χ1n) is 4.83. The molecule has 0 bridgehead atoms. The Morgan fingerprint density at radius 1 is 1.67 bits per heavy atom. The van der Waals surface area contributed by atoms with Crippen LogP contribution in [0.4, 0.5) is 5.82 Å². The van der Waals surface area contributed by atoms with Crippen molar-refractivity contribution in [2.24, 2.45) is 0 Å². The maximum Gasteiger partial charge on any atom is 0.351 e. The van der Waals surface area contributed by atoms with Gasteiger partial charge in [-0.1, -0.05) is 6.08 Å². The molecule has 2 unspecified atom stereocenters. The van der Waals surface area contributed by atoms with Crippen LogP contribution >= 0.6 is 0 Å². The predicted octanol–water partition coefficient (Wildman–Crippen LogP) is 0.689. The van der Waals surface area contributed by atoms with E-state index in [9.17, 15) is 4.79 Å². The Kier molecular flexibility index (Phi) is 2.55. The van der Waals surface area contributed by atoms with Gasteiger partial charge in [-0.15, -0.1) is 6.58 Å². The molecule has 1 aromatic rings. The fourth-order valence-corrected chi connectivity index (χ4v) is 1.67. The number of hydrogen-bond donors (Lipinski definition) is 1. The largest absolute Gasteiger partial charge is 0.383 e. The van der Waals surface area contributed by atoms with Crippen LogP contribution in [0.25, 0.3) is 0 Å². The van der Waals surface area contributed by atoms with Gasteiger partial charge in [-0.2, -0.15) is 4.98 Å². The first-order chi connectivity index (χ1) is 7.20. The molecule has 0 aliphatic carbocycles. The molecular weight excluding hydrogens is 194 g/mol. The van der Waals surface area contributed by atoms with Crippen molar-refractivity contribution < 1.29 is 4.74 Å². The van der Waals surface area contributed by atoms with E-state index in [1.165, 1.54) is 4.57 Å². The second kappa shape index (κ2) is 3.86. The van der Waals surface area contributed by atoms with E-state index in [4.69, 9.17) is 10.5 Å². The molecule has 2 atom stereocenters. The van der Waals surface area contributed by atoms with Gasteiger partial charge >= 0.3 is 5.69 Å². The minimum Gasteiger partial charge on any atom is -0.383 e. The van der Waals surface area contributed by atoms with Crippen LogP contribution in [-0.4, -0.2) is 15.7 Å². The molecule has 0 amide bonds. The molecule has 2 rings (SSSR count). The maximum absolute atomic E-state index is 11.5. The number of nitrogen functional groups attached to an aromatic ring is 1. The minimum atomic E-state index is -0.371. The molecule has 5 nitrogen and oxygen atoms in total. The topological polar surface area (TPSA) is 70.1 Å². The molecule has 2 heterocycles. The van der Waals surface area contributed by atoms with Gasteiger partial charge in [0.15, 0.2) is 0 Å². The highest BCUT2D eigenvalue weighted by molar-refractivity contribution is 5.23. The van der Waals surface area contributed by atoms with Crippen LogP contribution in [0.3, 0.4) is 0 Å². The standard InChI is InChI=1S/C10H13N3O2/c1-2-7-3-4-9(15-7)13-6-5-8(11)12-10(13)14/h2,5-7,9H,1,3-4H2,(H2,11,12,14). The molecule has 2 N–H and O–H groups in total. The lowest BCUT2D eigenvalue weighted by Crippen LogP contribution is -2.27. The summed E-state index contributed by atoms with van der Waals surface area (Å²) in [5.74, 6) is 0.231. The van der Waals surface area contributed by atoms with Crippen molar-refractivity contribution in [1.82, 2.24) is 9.55 Å². The van der Waals surface area contributed by atoms with Gasteiger partial charge in [-0.3, -0.25) is 4.57 Å². The monoisotopic (exact) mass is 207 g/mol. The smallest absolute Gasteiger partial charge is 0.351 e. The second-order valence-corrected chi connectivity index (χ2v) is 3.48. The summed E-state index contributed by atoms with van der Waals surface area (Å²) >= 11 is 0. The van der Waals surface area contributed by atoms with Crippen molar-refractivity contribution in [2.75, 3.05) is 5.73 Å². The Hall–Kier alpha value is -1.62. The number of rotatable bonds is 2. The van der Waals surface area contributed by atoms with E-state index >= 15 is 0 Å². The van der Waals surface area contributed by atoms with Gasteiger partial charge < -0.3 is 10.5 Å². The summed E-state index contributed by atoms with van der Waals surface area (Å²) < 4.78 is 7.04. The number of hydrogen-bond acceptors (Lipinski definition) is 4. The van der Waals surface area contributed by atoms with Crippen molar-refractivity contribution in [3.8, 4) is 0 Å². The zero-order valence-electron chi connectivity index (χ0n) is 8.30. The summed E-state index contributed by atoms with van der Waals surface area (Å²) in [5, 5.41) is 0. The van der Waals surface area contributed by atoms with Crippen LogP contribution in [0.2, 0.25) is 0 Å². The van der Waals surface area contributed by atoms with E-state index < -0.39 is 0 Å². The van der Waals surface area contributed by atoms with Gasteiger partial charge in [-0.25, -0.2) is 4.79 Å². The number of anilines is 1. The highest BCUT2D eigenvalue weighted by Gasteiger charge is 2.25. The number of aromatic nitrogens is 2. The molecule has 80 valence electrons. The molecule has 0 radical (unpaired) electrons. The highest BCUT2D eigenvalue weighted by atomic mass is 16.5. The Balaban J connectivity index is 2.24. The van der Waals surface area contributed by atoms with E-state index in [-0.39, 0.29) is 23.8 Å². The lowest BCUT2D eigenvalue weighted by molar-refractivity contribution is 0.0206. The summed E-state index contributed by atoms with van der Waals surface area (Å²) in [6.07, 6.45) is 4.82.